The van der Waals surface area contributed by atoms with E-state index in [1.165, 1.54) is 133 Å². The maximum Gasteiger partial charge on any atom is 0.343 e. The number of aliphatic imine (C=N–C) groups is 2. The number of unbranched alkanes of at least 4 members (excludes halogenated alkanes) is 18. The molecule has 0 aliphatic rings. The van der Waals surface area contributed by atoms with E-state index in [1.54, 1.807) is 54.9 Å². The molecule has 0 aromatic heterocycles. The molecule has 5 rings (SSSR count). The second-order valence-corrected chi connectivity index (χ2v) is 18.2. The fourth-order valence-corrected chi connectivity index (χ4v) is 8.37. The van der Waals surface area contributed by atoms with Crippen molar-refractivity contribution < 1.29 is 23.8 Å². The molecule has 0 amide bonds. The van der Waals surface area contributed by atoms with Gasteiger partial charge in [0.15, 0.2) is 0 Å². The van der Waals surface area contributed by atoms with Gasteiger partial charge in [0.25, 0.3) is 0 Å². The van der Waals surface area contributed by atoms with E-state index in [9.17, 15) is 9.59 Å². The molecule has 0 heterocycles. The molecule has 7 nitrogen and oxygen atoms in total. The van der Waals surface area contributed by atoms with Gasteiger partial charge in [-0.3, -0.25) is 9.98 Å². The Hall–Kier alpha value is -5.47. The lowest BCUT2D eigenvalue weighted by Gasteiger charge is -2.08. The van der Waals surface area contributed by atoms with Gasteiger partial charge >= 0.3 is 11.9 Å². The van der Waals surface area contributed by atoms with Crippen LogP contribution in [0.4, 0.5) is 11.4 Å². The molecule has 0 unspecified atom stereocenters. The number of hydrogen-bond donors (Lipinski definition) is 0. The van der Waals surface area contributed by atoms with Gasteiger partial charge in [0.2, 0.25) is 0 Å². The largest absolute Gasteiger partial charge is 0.494 e. The third-order valence-corrected chi connectivity index (χ3v) is 12.5. The first-order valence-electron chi connectivity index (χ1n) is 24.8. The van der Waals surface area contributed by atoms with Crippen LogP contribution in [0.25, 0.3) is 0 Å². The molecule has 0 aliphatic carbocycles. The summed E-state index contributed by atoms with van der Waals surface area (Å²) in [6.45, 7) is 5.26. The zero-order valence-corrected chi connectivity index (χ0v) is 40.4. The van der Waals surface area contributed by atoms with Crippen molar-refractivity contribution in [3.63, 3.8) is 0 Å². The van der Waals surface area contributed by atoms with E-state index in [4.69, 9.17) is 14.2 Å². The molecule has 350 valence electrons. The SMILES string of the molecule is CCCCCCCCCCCCOc1ccc(N=Cc2ccc(C(=O)Oc3cccc(OC(=O)c4ccc(C=Nc5ccc(SCCCCCCCCCCCC)cc5)cc4)c3)cc2)cc1. The van der Waals surface area contributed by atoms with Crippen LogP contribution in [0.3, 0.4) is 0 Å². The van der Waals surface area contributed by atoms with Gasteiger partial charge in [0, 0.05) is 23.4 Å². The lowest BCUT2D eigenvalue weighted by atomic mass is 10.1. The minimum atomic E-state index is -0.526. The average molecular weight is 909 g/mol. The van der Waals surface area contributed by atoms with E-state index in [-0.39, 0.29) is 11.5 Å². The van der Waals surface area contributed by atoms with Crippen LogP contribution in [0.2, 0.25) is 0 Å². The fraction of sp³-hybridized carbons (Fsp3) is 0.414. The lowest BCUT2D eigenvalue weighted by Crippen LogP contribution is -2.10. The van der Waals surface area contributed by atoms with E-state index in [0.29, 0.717) is 11.1 Å². The van der Waals surface area contributed by atoms with Crippen molar-refractivity contribution in [2.45, 2.75) is 147 Å². The van der Waals surface area contributed by atoms with Crippen molar-refractivity contribution in [3.8, 4) is 17.2 Å². The van der Waals surface area contributed by atoms with Gasteiger partial charge in [-0.15, -0.1) is 11.8 Å². The highest BCUT2D eigenvalue weighted by Gasteiger charge is 2.12. The Balaban J connectivity index is 0.970. The first-order chi connectivity index (χ1) is 32.5. The minimum absolute atomic E-state index is 0.263. The van der Waals surface area contributed by atoms with Crippen LogP contribution in [-0.4, -0.2) is 36.7 Å². The molecule has 8 heteroatoms. The molecule has 0 saturated heterocycles. The highest BCUT2D eigenvalue weighted by Crippen LogP contribution is 2.25. The van der Waals surface area contributed by atoms with Gasteiger partial charge in [-0.1, -0.05) is 160 Å². The van der Waals surface area contributed by atoms with E-state index >= 15 is 0 Å². The summed E-state index contributed by atoms with van der Waals surface area (Å²) in [4.78, 5) is 36.5. The topological polar surface area (TPSA) is 86.5 Å². The first-order valence-corrected chi connectivity index (χ1v) is 25.8. The van der Waals surface area contributed by atoms with E-state index in [2.05, 4.69) is 36.0 Å². The maximum absolute atomic E-state index is 13.0. The second kappa shape index (κ2) is 31.4. The van der Waals surface area contributed by atoms with E-state index < -0.39 is 11.9 Å². The van der Waals surface area contributed by atoms with Gasteiger partial charge in [0.1, 0.15) is 17.2 Å². The highest BCUT2D eigenvalue weighted by molar-refractivity contribution is 7.99. The van der Waals surface area contributed by atoms with Crippen LogP contribution in [0.5, 0.6) is 17.2 Å². The molecule has 0 aliphatic heterocycles. The van der Waals surface area contributed by atoms with Crippen LogP contribution in [0.15, 0.2) is 136 Å². The third-order valence-electron chi connectivity index (χ3n) is 11.5. The zero-order chi connectivity index (χ0) is 46.3. The Labute approximate surface area is 399 Å². The summed E-state index contributed by atoms with van der Waals surface area (Å²) < 4.78 is 17.2. The van der Waals surface area contributed by atoms with E-state index in [0.717, 1.165) is 47.0 Å². The Kier molecular flexibility index (Phi) is 24.5. The summed E-state index contributed by atoms with van der Waals surface area (Å²) in [5.41, 5.74) is 4.17. The smallest absolute Gasteiger partial charge is 0.343 e. The van der Waals surface area contributed by atoms with Crippen molar-refractivity contribution >= 4 is 47.5 Å². The number of hydrogen-bond acceptors (Lipinski definition) is 8. The summed E-state index contributed by atoms with van der Waals surface area (Å²) in [5, 5.41) is 0. The van der Waals surface area contributed by atoms with E-state index in [1.807, 2.05) is 72.4 Å². The highest BCUT2D eigenvalue weighted by atomic mass is 32.2. The fourth-order valence-electron chi connectivity index (χ4n) is 7.46. The molecule has 0 bridgehead atoms. The Morgan fingerprint density at radius 3 is 1.32 bits per heavy atom. The van der Waals surface area contributed by atoms with Crippen LogP contribution in [0, 0.1) is 0 Å². The summed E-state index contributed by atoms with van der Waals surface area (Å²) in [6, 6.07) is 36.7. The second-order valence-electron chi connectivity index (χ2n) is 17.1. The lowest BCUT2D eigenvalue weighted by molar-refractivity contribution is 0.0732. The van der Waals surface area contributed by atoms with Crippen LogP contribution in [0.1, 0.15) is 174 Å². The molecule has 0 N–H and O–H groups in total. The van der Waals surface area contributed by atoms with Crippen molar-refractivity contribution in [3.05, 3.63) is 144 Å². The molecule has 66 heavy (non-hydrogen) atoms. The number of esters is 2. The predicted octanol–water partition coefficient (Wildman–Crippen LogP) is 16.9. The molecular weight excluding hydrogens is 837 g/mol. The molecule has 0 radical (unpaired) electrons. The van der Waals surface area contributed by atoms with Crippen molar-refractivity contribution in [1.82, 2.24) is 0 Å². The third kappa shape index (κ3) is 20.8. The summed E-state index contributed by atoms with van der Waals surface area (Å²) in [5.74, 6) is 1.48. The standard InChI is InChI=1S/C58H72N2O5S/c1-3-5-7-9-11-13-15-17-19-21-42-63-53-38-34-51(35-39-53)59-45-47-26-30-49(31-27-47)57(61)64-54-24-23-25-55(44-54)65-58(62)50-32-28-48(29-33-50)46-60-52-36-40-56(41-37-52)66-43-22-20-18-16-14-12-10-8-6-4-2/h23-41,44-46H,3-22,42-43H2,1-2H3. The quantitative estimate of drug-likeness (QED) is 0.0140. The Morgan fingerprint density at radius 2 is 0.864 bits per heavy atom. The van der Waals surface area contributed by atoms with Crippen LogP contribution in [-0.2, 0) is 0 Å². The Morgan fingerprint density at radius 1 is 0.455 bits per heavy atom. The average Bonchev–Trinajstić information content (AvgIpc) is 3.34. The first kappa shape index (κ1) is 51.5. The summed E-state index contributed by atoms with van der Waals surface area (Å²) in [7, 11) is 0. The number of carbonyl (C=O) groups is 2. The number of rotatable bonds is 32. The van der Waals surface area contributed by atoms with Gasteiger partial charge in [-0.2, -0.15) is 0 Å². The molecule has 0 fully saturated rings. The molecular formula is C58H72N2O5S. The summed E-state index contributed by atoms with van der Waals surface area (Å²) >= 11 is 1.91. The van der Waals surface area contributed by atoms with Crippen LogP contribution >= 0.6 is 11.8 Å². The van der Waals surface area contributed by atoms with Crippen LogP contribution < -0.4 is 14.2 Å². The minimum Gasteiger partial charge on any atom is -0.494 e. The summed E-state index contributed by atoms with van der Waals surface area (Å²) in [6.07, 6.45) is 30.1. The number of ether oxygens (including phenoxy) is 3. The normalized spacial score (nSPS) is 11.4. The number of benzene rings is 5. The molecule has 5 aromatic rings. The van der Waals surface area contributed by atoms with Crippen molar-refractivity contribution in [1.29, 1.82) is 0 Å². The van der Waals surface area contributed by atoms with Gasteiger partial charge in [-0.25, -0.2) is 9.59 Å². The predicted molar refractivity (Wildman–Crippen MR) is 277 cm³/mol. The molecule has 0 atom stereocenters. The Bertz CT molecular complexity index is 2010. The number of thioether (sulfide) groups is 1. The molecule has 5 aromatic carbocycles. The van der Waals surface area contributed by atoms with Gasteiger partial charge in [0.05, 0.1) is 29.1 Å². The van der Waals surface area contributed by atoms with Crippen molar-refractivity contribution in [2.75, 3.05) is 12.4 Å². The monoisotopic (exact) mass is 909 g/mol. The molecule has 0 saturated carbocycles. The van der Waals surface area contributed by atoms with Crippen molar-refractivity contribution in [2.24, 2.45) is 9.98 Å². The number of carbonyl (C=O) groups excluding carboxylic acids is 2. The molecule has 0 spiro atoms. The maximum atomic E-state index is 13.0. The zero-order valence-electron chi connectivity index (χ0n) is 39.6. The number of nitrogens with zero attached hydrogens (tertiary/aromatic N) is 2. The van der Waals surface area contributed by atoms with Gasteiger partial charge < -0.3 is 14.2 Å². The van der Waals surface area contributed by atoms with Gasteiger partial charge in [-0.05, 0) is 115 Å².